The number of ether oxygens (including phenoxy) is 1. The lowest BCUT2D eigenvalue weighted by Crippen LogP contribution is -2.34. The highest BCUT2D eigenvalue weighted by atomic mass is 32.1. The van der Waals surface area contributed by atoms with Crippen LogP contribution in [0.4, 0.5) is 5.13 Å². The van der Waals surface area contributed by atoms with E-state index in [1.165, 1.54) is 0 Å². The fraction of sp³-hybridized carbons (Fsp3) is 0.800. The van der Waals surface area contributed by atoms with E-state index in [9.17, 15) is 0 Å². The second kappa shape index (κ2) is 10.1. The molecule has 0 saturated heterocycles. The predicted octanol–water partition coefficient (Wildman–Crippen LogP) is 1.90. The van der Waals surface area contributed by atoms with Crippen molar-refractivity contribution in [2.75, 3.05) is 58.9 Å². The molecule has 0 aliphatic carbocycles. The molecule has 122 valence electrons. The molecular weight excluding hydrogens is 284 g/mol. The van der Waals surface area contributed by atoms with Gasteiger partial charge in [0.1, 0.15) is 0 Å². The number of hydrogen-bond acceptors (Lipinski definition) is 6. The van der Waals surface area contributed by atoms with Gasteiger partial charge < -0.3 is 19.9 Å². The van der Waals surface area contributed by atoms with Crippen molar-refractivity contribution in [2.24, 2.45) is 5.92 Å². The van der Waals surface area contributed by atoms with E-state index in [1.54, 1.807) is 18.4 Å². The maximum atomic E-state index is 5.03. The maximum Gasteiger partial charge on any atom is 0.185 e. The van der Waals surface area contributed by atoms with Gasteiger partial charge in [-0.25, -0.2) is 4.98 Å². The summed E-state index contributed by atoms with van der Waals surface area (Å²) in [4.78, 5) is 9.38. The smallest absolute Gasteiger partial charge is 0.185 e. The van der Waals surface area contributed by atoms with Crippen molar-refractivity contribution in [1.82, 2.24) is 15.2 Å². The van der Waals surface area contributed by atoms with Crippen LogP contribution in [0.3, 0.4) is 0 Å². The highest BCUT2D eigenvalue weighted by Crippen LogP contribution is 2.21. The van der Waals surface area contributed by atoms with Crippen molar-refractivity contribution >= 4 is 16.5 Å². The molecule has 0 aliphatic heterocycles. The molecule has 0 radical (unpaired) electrons. The van der Waals surface area contributed by atoms with Crippen LogP contribution >= 0.6 is 11.3 Å². The molecule has 1 aromatic rings. The molecule has 0 aliphatic rings. The third-order valence-electron chi connectivity index (χ3n) is 3.00. The second-order valence-electron chi connectivity index (χ2n) is 5.93. The number of methoxy groups -OCH3 is 1. The Kier molecular flexibility index (Phi) is 8.84. The molecule has 1 N–H and O–H groups in total. The normalized spacial score (nSPS) is 11.6. The third-order valence-corrected chi connectivity index (χ3v) is 3.95. The Morgan fingerprint density at radius 2 is 2.10 bits per heavy atom. The first-order valence-corrected chi connectivity index (χ1v) is 8.44. The minimum absolute atomic E-state index is 0.638. The first kappa shape index (κ1) is 18.4. The number of rotatable bonds is 11. The van der Waals surface area contributed by atoms with Crippen molar-refractivity contribution in [3.63, 3.8) is 0 Å². The number of nitrogens with one attached hydrogen (secondary N) is 1. The first-order valence-electron chi connectivity index (χ1n) is 7.56. The average Bonchev–Trinajstić information content (AvgIpc) is 2.88. The molecule has 1 heterocycles. The first-order chi connectivity index (χ1) is 10.0. The van der Waals surface area contributed by atoms with Gasteiger partial charge in [0.05, 0.1) is 12.3 Å². The largest absolute Gasteiger partial charge is 0.383 e. The summed E-state index contributed by atoms with van der Waals surface area (Å²) in [7, 11) is 5.94. The van der Waals surface area contributed by atoms with Gasteiger partial charge in [0.25, 0.3) is 0 Å². The summed E-state index contributed by atoms with van der Waals surface area (Å²) < 4.78 is 5.03. The summed E-state index contributed by atoms with van der Waals surface area (Å²) in [5, 5.41) is 6.62. The zero-order valence-electron chi connectivity index (χ0n) is 14.1. The van der Waals surface area contributed by atoms with Gasteiger partial charge in [0.15, 0.2) is 5.13 Å². The van der Waals surface area contributed by atoms with Crippen molar-refractivity contribution in [3.05, 3.63) is 11.1 Å². The second-order valence-corrected chi connectivity index (χ2v) is 6.77. The minimum Gasteiger partial charge on any atom is -0.383 e. The van der Waals surface area contributed by atoms with E-state index in [-0.39, 0.29) is 0 Å². The fourth-order valence-electron chi connectivity index (χ4n) is 1.94. The van der Waals surface area contributed by atoms with Gasteiger partial charge in [0.2, 0.25) is 0 Å². The summed E-state index contributed by atoms with van der Waals surface area (Å²) in [6, 6.07) is 0. The Labute approximate surface area is 133 Å². The molecule has 1 aromatic heterocycles. The zero-order valence-corrected chi connectivity index (χ0v) is 14.9. The summed E-state index contributed by atoms with van der Waals surface area (Å²) in [5.74, 6) is 0.638. The Morgan fingerprint density at radius 3 is 2.71 bits per heavy atom. The summed E-state index contributed by atoms with van der Waals surface area (Å²) in [6.45, 7) is 10.0. The lowest BCUT2D eigenvalue weighted by Gasteiger charge is -2.25. The van der Waals surface area contributed by atoms with Crippen LogP contribution in [0.25, 0.3) is 0 Å². The highest BCUT2D eigenvalue weighted by Gasteiger charge is 2.13. The van der Waals surface area contributed by atoms with Crippen LogP contribution in [0.1, 0.15) is 19.5 Å². The molecule has 0 aromatic carbocycles. The van der Waals surface area contributed by atoms with E-state index in [1.807, 2.05) is 0 Å². The highest BCUT2D eigenvalue weighted by molar-refractivity contribution is 7.13. The van der Waals surface area contributed by atoms with Gasteiger partial charge in [0, 0.05) is 45.2 Å². The van der Waals surface area contributed by atoms with Crippen molar-refractivity contribution in [1.29, 1.82) is 0 Å². The van der Waals surface area contributed by atoms with Gasteiger partial charge >= 0.3 is 0 Å². The monoisotopic (exact) mass is 314 g/mol. The van der Waals surface area contributed by atoms with E-state index in [0.717, 1.165) is 50.2 Å². The number of hydrogen-bond donors (Lipinski definition) is 1. The minimum atomic E-state index is 0.638. The molecule has 21 heavy (non-hydrogen) atoms. The Morgan fingerprint density at radius 1 is 1.33 bits per heavy atom. The average molecular weight is 314 g/mol. The van der Waals surface area contributed by atoms with Crippen LogP contribution < -0.4 is 10.2 Å². The number of aromatic nitrogens is 1. The quantitative estimate of drug-likeness (QED) is 0.632. The molecule has 5 nitrogen and oxygen atoms in total. The lowest BCUT2D eigenvalue weighted by molar-refractivity contribution is 0.199. The molecule has 1 rings (SSSR count). The fourth-order valence-corrected chi connectivity index (χ4v) is 2.80. The van der Waals surface area contributed by atoms with Crippen LogP contribution in [-0.2, 0) is 11.3 Å². The lowest BCUT2D eigenvalue weighted by atomic mass is 10.2. The van der Waals surface area contributed by atoms with Crippen LogP contribution in [0, 0.1) is 5.92 Å². The Balaban J connectivity index is 2.54. The van der Waals surface area contributed by atoms with Crippen molar-refractivity contribution in [2.45, 2.75) is 20.4 Å². The number of nitrogens with zero attached hydrogens (tertiary/aromatic N) is 3. The van der Waals surface area contributed by atoms with Crippen molar-refractivity contribution < 1.29 is 4.74 Å². The third kappa shape index (κ3) is 7.76. The molecule has 0 bridgehead atoms. The Bertz CT molecular complexity index is 382. The van der Waals surface area contributed by atoms with Gasteiger partial charge in [-0.05, 0) is 20.0 Å². The standard InChI is InChI=1S/C15H30N4OS/c1-13(2)11-19(8-7-18(3)4)15-17-14(12-21-15)10-16-6-9-20-5/h12-13,16H,6-11H2,1-5H3. The van der Waals surface area contributed by atoms with E-state index in [2.05, 4.69) is 48.4 Å². The molecule has 6 heteroatoms. The number of anilines is 1. The summed E-state index contributed by atoms with van der Waals surface area (Å²) in [5.41, 5.74) is 1.12. The van der Waals surface area contributed by atoms with E-state index < -0.39 is 0 Å². The van der Waals surface area contributed by atoms with Gasteiger partial charge in [-0.3, -0.25) is 0 Å². The molecule has 0 amide bonds. The van der Waals surface area contributed by atoms with Gasteiger partial charge in [-0.1, -0.05) is 13.8 Å². The maximum absolute atomic E-state index is 5.03. The topological polar surface area (TPSA) is 40.6 Å². The van der Waals surface area contributed by atoms with Crippen molar-refractivity contribution in [3.8, 4) is 0 Å². The van der Waals surface area contributed by atoms with E-state index in [4.69, 9.17) is 9.72 Å². The molecule has 0 spiro atoms. The van der Waals surface area contributed by atoms with E-state index in [0.29, 0.717) is 5.92 Å². The SMILES string of the molecule is COCCNCc1csc(N(CCN(C)C)CC(C)C)n1. The molecular formula is C15H30N4OS. The van der Waals surface area contributed by atoms with Crippen LogP contribution in [-0.4, -0.2) is 63.9 Å². The number of thiazole rings is 1. The molecule has 0 saturated carbocycles. The molecule has 0 unspecified atom stereocenters. The molecule has 0 fully saturated rings. The van der Waals surface area contributed by atoms with Crippen LogP contribution in [0.15, 0.2) is 5.38 Å². The van der Waals surface area contributed by atoms with Crippen LogP contribution in [0.5, 0.6) is 0 Å². The summed E-state index contributed by atoms with van der Waals surface area (Å²) in [6.07, 6.45) is 0. The zero-order chi connectivity index (χ0) is 15.7. The van der Waals surface area contributed by atoms with E-state index >= 15 is 0 Å². The molecule has 0 atom stereocenters. The van der Waals surface area contributed by atoms with Gasteiger partial charge in [-0.15, -0.1) is 11.3 Å². The van der Waals surface area contributed by atoms with Crippen LogP contribution in [0.2, 0.25) is 0 Å². The Hall–Kier alpha value is -0.690. The summed E-state index contributed by atoms with van der Waals surface area (Å²) >= 11 is 1.74. The number of likely N-dealkylation sites (N-methyl/N-ethyl adjacent to an activating group) is 1. The predicted molar refractivity (Wildman–Crippen MR) is 91.3 cm³/mol. The van der Waals surface area contributed by atoms with Gasteiger partial charge in [-0.2, -0.15) is 0 Å².